The Kier molecular flexibility index (Phi) is 5.44. The van der Waals surface area contributed by atoms with Crippen LogP contribution in [0.4, 0.5) is 0 Å². The van der Waals surface area contributed by atoms with Crippen LogP contribution in [0.15, 0.2) is 0 Å². The number of hydrogen-bond acceptors (Lipinski definition) is 2. The van der Waals surface area contributed by atoms with Crippen LogP contribution in [0.1, 0.15) is 53.4 Å². The molecule has 1 saturated heterocycles. The Morgan fingerprint density at radius 2 is 2.12 bits per heavy atom. The normalized spacial score (nSPS) is 20.6. The minimum atomic E-state index is -0.215. The molecule has 1 fully saturated rings. The second-order valence-corrected chi connectivity index (χ2v) is 5.78. The van der Waals surface area contributed by atoms with Crippen LogP contribution >= 0.6 is 0 Å². The zero-order valence-corrected chi connectivity index (χ0v) is 11.9. The van der Waals surface area contributed by atoms with E-state index < -0.39 is 0 Å². The molecule has 3 nitrogen and oxygen atoms in total. The third kappa shape index (κ3) is 3.98. The van der Waals surface area contributed by atoms with Crippen LogP contribution in [0.25, 0.3) is 0 Å². The first-order valence-corrected chi connectivity index (χ1v) is 7.04. The Bertz CT molecular complexity index is 245. The molecular formula is C14H28N2O. The van der Waals surface area contributed by atoms with Gasteiger partial charge in [-0.3, -0.25) is 4.79 Å². The number of rotatable bonds is 6. The molecule has 1 N–H and O–H groups in total. The molecule has 3 heteroatoms. The fraction of sp³-hybridized carbons (Fsp3) is 0.929. The topological polar surface area (TPSA) is 32.3 Å². The van der Waals surface area contributed by atoms with Gasteiger partial charge in [-0.1, -0.05) is 27.7 Å². The van der Waals surface area contributed by atoms with Crippen molar-refractivity contribution < 1.29 is 4.79 Å². The summed E-state index contributed by atoms with van der Waals surface area (Å²) in [6, 6.07) is 0.512. The van der Waals surface area contributed by atoms with Gasteiger partial charge in [-0.15, -0.1) is 0 Å². The smallest absolute Gasteiger partial charge is 0.228 e. The second-order valence-electron chi connectivity index (χ2n) is 5.78. The fourth-order valence-corrected chi connectivity index (χ4v) is 2.30. The summed E-state index contributed by atoms with van der Waals surface area (Å²) in [5, 5.41) is 3.48. The summed E-state index contributed by atoms with van der Waals surface area (Å²) < 4.78 is 0. The van der Waals surface area contributed by atoms with Crippen molar-refractivity contribution in [3.05, 3.63) is 0 Å². The lowest BCUT2D eigenvalue weighted by Gasteiger charge is -2.33. The van der Waals surface area contributed by atoms with Crippen molar-refractivity contribution in [2.45, 2.75) is 59.4 Å². The van der Waals surface area contributed by atoms with Crippen molar-refractivity contribution in [3.63, 3.8) is 0 Å². The van der Waals surface area contributed by atoms with Gasteiger partial charge in [-0.05, 0) is 32.2 Å². The Hall–Kier alpha value is -0.570. The van der Waals surface area contributed by atoms with E-state index in [0.29, 0.717) is 11.9 Å². The van der Waals surface area contributed by atoms with E-state index in [1.54, 1.807) is 0 Å². The van der Waals surface area contributed by atoms with Gasteiger partial charge in [0.25, 0.3) is 0 Å². The second kappa shape index (κ2) is 6.39. The maximum atomic E-state index is 12.5. The summed E-state index contributed by atoms with van der Waals surface area (Å²) in [6.45, 7) is 11.2. The van der Waals surface area contributed by atoms with E-state index in [1.165, 1.54) is 12.8 Å². The molecule has 0 aromatic rings. The fourth-order valence-electron chi connectivity index (χ4n) is 2.30. The number of nitrogens with zero attached hydrogens (tertiary/aromatic N) is 1. The molecule has 100 valence electrons. The van der Waals surface area contributed by atoms with Crippen LogP contribution in [-0.2, 0) is 4.79 Å². The summed E-state index contributed by atoms with van der Waals surface area (Å²) in [6.07, 6.45) is 4.40. The number of carbonyl (C=O) groups is 1. The number of hydrogen-bond donors (Lipinski definition) is 1. The van der Waals surface area contributed by atoms with Crippen molar-refractivity contribution in [2.24, 2.45) is 5.41 Å². The number of amides is 1. The van der Waals surface area contributed by atoms with Gasteiger partial charge >= 0.3 is 0 Å². The standard InChI is InChI=1S/C14H28N2O/c1-5-10-16(11-12-8-7-9-15-12)13(17)14(3,4)6-2/h12,15H,5-11H2,1-4H3. The molecule has 1 rings (SSSR count). The maximum absolute atomic E-state index is 12.5. The van der Waals surface area contributed by atoms with Crippen molar-refractivity contribution in [2.75, 3.05) is 19.6 Å². The summed E-state index contributed by atoms with van der Waals surface area (Å²) in [7, 11) is 0. The highest BCUT2D eigenvalue weighted by atomic mass is 16.2. The van der Waals surface area contributed by atoms with Crippen molar-refractivity contribution in [3.8, 4) is 0 Å². The van der Waals surface area contributed by atoms with E-state index >= 15 is 0 Å². The molecule has 0 bridgehead atoms. The predicted octanol–water partition coefficient (Wildman–Crippen LogP) is 2.41. The van der Waals surface area contributed by atoms with Gasteiger partial charge in [0.2, 0.25) is 5.91 Å². The average Bonchev–Trinajstić information content (AvgIpc) is 2.80. The van der Waals surface area contributed by atoms with E-state index in [9.17, 15) is 4.79 Å². The van der Waals surface area contributed by atoms with E-state index in [0.717, 1.165) is 32.5 Å². The highest BCUT2D eigenvalue weighted by Crippen LogP contribution is 2.23. The Balaban J connectivity index is 2.60. The molecule has 1 amide bonds. The Morgan fingerprint density at radius 3 is 2.59 bits per heavy atom. The molecule has 0 aliphatic carbocycles. The van der Waals surface area contributed by atoms with Gasteiger partial charge in [-0.2, -0.15) is 0 Å². The van der Waals surface area contributed by atoms with Crippen molar-refractivity contribution >= 4 is 5.91 Å². The molecule has 0 aromatic carbocycles. The molecule has 1 unspecified atom stereocenters. The minimum absolute atomic E-state index is 0.215. The molecule has 1 heterocycles. The third-order valence-electron chi connectivity index (χ3n) is 3.85. The zero-order valence-electron chi connectivity index (χ0n) is 11.9. The molecule has 1 aliphatic heterocycles. The largest absolute Gasteiger partial charge is 0.341 e. The van der Waals surface area contributed by atoms with Crippen LogP contribution < -0.4 is 5.32 Å². The molecule has 17 heavy (non-hydrogen) atoms. The number of carbonyl (C=O) groups excluding carboxylic acids is 1. The SMILES string of the molecule is CCCN(CC1CCCN1)C(=O)C(C)(C)CC. The summed E-state index contributed by atoms with van der Waals surface area (Å²) in [5.41, 5.74) is -0.215. The van der Waals surface area contributed by atoms with Gasteiger partial charge in [0, 0.05) is 24.5 Å². The molecule has 1 aliphatic rings. The van der Waals surface area contributed by atoms with Crippen LogP contribution in [0.5, 0.6) is 0 Å². The first-order chi connectivity index (χ1) is 8.01. The predicted molar refractivity (Wildman–Crippen MR) is 72.0 cm³/mol. The maximum Gasteiger partial charge on any atom is 0.228 e. The number of nitrogens with one attached hydrogen (secondary N) is 1. The first kappa shape index (κ1) is 14.5. The van der Waals surface area contributed by atoms with Crippen LogP contribution in [-0.4, -0.2) is 36.5 Å². The molecular weight excluding hydrogens is 212 g/mol. The lowest BCUT2D eigenvalue weighted by atomic mass is 9.88. The van der Waals surface area contributed by atoms with Crippen molar-refractivity contribution in [1.29, 1.82) is 0 Å². The first-order valence-electron chi connectivity index (χ1n) is 7.04. The minimum Gasteiger partial charge on any atom is -0.341 e. The lowest BCUT2D eigenvalue weighted by molar-refractivity contribution is -0.140. The van der Waals surface area contributed by atoms with Gasteiger partial charge in [-0.25, -0.2) is 0 Å². The molecule has 0 radical (unpaired) electrons. The summed E-state index contributed by atoms with van der Waals surface area (Å²) in [4.78, 5) is 14.5. The third-order valence-corrected chi connectivity index (χ3v) is 3.85. The Labute approximate surface area is 106 Å². The molecule has 0 saturated carbocycles. The van der Waals surface area contributed by atoms with E-state index in [4.69, 9.17) is 0 Å². The molecule has 0 aromatic heterocycles. The highest BCUT2D eigenvalue weighted by molar-refractivity contribution is 5.81. The van der Waals surface area contributed by atoms with Gasteiger partial charge in [0.1, 0.15) is 0 Å². The Morgan fingerprint density at radius 1 is 1.41 bits per heavy atom. The zero-order chi connectivity index (χ0) is 12.9. The molecule has 1 atom stereocenters. The molecule has 0 spiro atoms. The van der Waals surface area contributed by atoms with E-state index in [-0.39, 0.29) is 5.41 Å². The highest BCUT2D eigenvalue weighted by Gasteiger charge is 2.31. The van der Waals surface area contributed by atoms with Crippen LogP contribution in [0, 0.1) is 5.41 Å². The summed E-state index contributed by atoms with van der Waals surface area (Å²) in [5.74, 6) is 0.315. The van der Waals surface area contributed by atoms with E-state index in [1.807, 2.05) is 0 Å². The van der Waals surface area contributed by atoms with Crippen molar-refractivity contribution in [1.82, 2.24) is 10.2 Å². The van der Waals surface area contributed by atoms with Crippen LogP contribution in [0.2, 0.25) is 0 Å². The van der Waals surface area contributed by atoms with Gasteiger partial charge < -0.3 is 10.2 Å². The van der Waals surface area contributed by atoms with Gasteiger partial charge in [0.05, 0.1) is 0 Å². The van der Waals surface area contributed by atoms with E-state index in [2.05, 4.69) is 37.9 Å². The summed E-state index contributed by atoms with van der Waals surface area (Å²) >= 11 is 0. The van der Waals surface area contributed by atoms with Crippen LogP contribution in [0.3, 0.4) is 0 Å². The quantitative estimate of drug-likeness (QED) is 0.773. The average molecular weight is 240 g/mol. The lowest BCUT2D eigenvalue weighted by Crippen LogP contribution is -2.46. The van der Waals surface area contributed by atoms with Gasteiger partial charge in [0.15, 0.2) is 0 Å². The monoisotopic (exact) mass is 240 g/mol.